The van der Waals surface area contributed by atoms with Gasteiger partial charge in [-0.2, -0.15) is 0 Å². The van der Waals surface area contributed by atoms with Crippen LogP contribution in [0.2, 0.25) is 0 Å². The third kappa shape index (κ3) is 3.17. The third-order valence-corrected chi connectivity index (χ3v) is 5.14. The first-order chi connectivity index (χ1) is 9.69. The van der Waals surface area contributed by atoms with Gasteiger partial charge in [-0.25, -0.2) is 0 Å². The molecule has 0 aromatic heterocycles. The van der Waals surface area contributed by atoms with Gasteiger partial charge in [0.25, 0.3) is 0 Å². The van der Waals surface area contributed by atoms with Crippen molar-refractivity contribution < 1.29 is 14.2 Å². The van der Waals surface area contributed by atoms with Gasteiger partial charge in [0.1, 0.15) is 0 Å². The molecule has 0 aromatic rings. The van der Waals surface area contributed by atoms with Crippen molar-refractivity contribution in [3.05, 3.63) is 0 Å². The zero-order chi connectivity index (χ0) is 14.0. The highest BCUT2D eigenvalue weighted by Crippen LogP contribution is 2.37. The van der Waals surface area contributed by atoms with Crippen molar-refractivity contribution in [2.45, 2.75) is 50.0 Å². The van der Waals surface area contributed by atoms with Crippen molar-refractivity contribution in [1.82, 2.24) is 4.90 Å². The molecule has 0 aromatic carbocycles. The monoisotopic (exact) mass is 284 g/mol. The minimum absolute atomic E-state index is 0.235. The number of rotatable bonds is 3. The summed E-state index contributed by atoms with van der Waals surface area (Å²) in [6, 6.07) is 0.600. The second kappa shape index (κ2) is 6.28. The number of ether oxygens (including phenoxy) is 3. The smallest absolute Gasteiger partial charge is 0.170 e. The van der Waals surface area contributed by atoms with E-state index in [0.29, 0.717) is 6.04 Å². The zero-order valence-electron chi connectivity index (χ0n) is 12.6. The van der Waals surface area contributed by atoms with Crippen LogP contribution in [0.4, 0.5) is 0 Å². The Bertz CT molecular complexity index is 314. The standard InChI is InChI=1S/C15H28N2O3/c1-17(11-12-3-6-18-7-4-12)14-10-15(5-2-13(14)16)19-8-9-20-15/h12-14H,2-11,16H2,1H3. The maximum Gasteiger partial charge on any atom is 0.170 e. The van der Waals surface area contributed by atoms with Crippen LogP contribution in [0.25, 0.3) is 0 Å². The lowest BCUT2D eigenvalue weighted by atomic mass is 9.84. The van der Waals surface area contributed by atoms with Gasteiger partial charge in [-0.05, 0) is 32.2 Å². The first-order valence-corrected chi connectivity index (χ1v) is 8.00. The van der Waals surface area contributed by atoms with Crippen LogP contribution in [0.3, 0.4) is 0 Å². The molecule has 2 aliphatic heterocycles. The fourth-order valence-corrected chi connectivity index (χ4v) is 3.86. The van der Waals surface area contributed by atoms with Gasteiger partial charge in [-0.1, -0.05) is 0 Å². The summed E-state index contributed by atoms with van der Waals surface area (Å²) in [5, 5.41) is 0. The molecule has 1 aliphatic carbocycles. The van der Waals surface area contributed by atoms with Crippen LogP contribution in [-0.4, -0.2) is 62.8 Å². The fourth-order valence-electron chi connectivity index (χ4n) is 3.86. The molecule has 3 rings (SSSR count). The Morgan fingerprint density at radius 3 is 2.50 bits per heavy atom. The highest BCUT2D eigenvalue weighted by molar-refractivity contribution is 4.94. The average molecular weight is 284 g/mol. The van der Waals surface area contributed by atoms with Gasteiger partial charge in [-0.15, -0.1) is 0 Å². The lowest BCUT2D eigenvalue weighted by Gasteiger charge is -2.44. The number of nitrogens with two attached hydrogens (primary N) is 1. The Labute approximate surface area is 121 Å². The number of nitrogens with zero attached hydrogens (tertiary/aromatic N) is 1. The fraction of sp³-hybridized carbons (Fsp3) is 1.00. The highest BCUT2D eigenvalue weighted by Gasteiger charge is 2.45. The summed E-state index contributed by atoms with van der Waals surface area (Å²) in [7, 11) is 2.20. The topological polar surface area (TPSA) is 57.0 Å². The van der Waals surface area contributed by atoms with Gasteiger partial charge < -0.3 is 24.8 Å². The Morgan fingerprint density at radius 1 is 1.10 bits per heavy atom. The second-order valence-electron chi connectivity index (χ2n) is 6.58. The van der Waals surface area contributed by atoms with E-state index < -0.39 is 0 Å². The van der Waals surface area contributed by atoms with E-state index in [4.69, 9.17) is 19.9 Å². The van der Waals surface area contributed by atoms with Crippen molar-refractivity contribution in [3.8, 4) is 0 Å². The van der Waals surface area contributed by atoms with E-state index in [-0.39, 0.29) is 11.8 Å². The molecule has 2 heterocycles. The molecule has 2 saturated heterocycles. The molecule has 5 nitrogen and oxygen atoms in total. The van der Waals surface area contributed by atoms with Gasteiger partial charge in [0.05, 0.1) is 13.2 Å². The third-order valence-electron chi connectivity index (χ3n) is 5.14. The van der Waals surface area contributed by atoms with Crippen molar-refractivity contribution in [2.75, 3.05) is 40.0 Å². The average Bonchev–Trinajstić information content (AvgIpc) is 2.91. The van der Waals surface area contributed by atoms with Crippen LogP contribution < -0.4 is 5.73 Å². The SMILES string of the molecule is CN(CC1CCOCC1)C1CC2(CCC1N)OCCO2. The Morgan fingerprint density at radius 2 is 1.80 bits per heavy atom. The van der Waals surface area contributed by atoms with Crippen LogP contribution in [0.5, 0.6) is 0 Å². The molecule has 2 atom stereocenters. The van der Waals surface area contributed by atoms with Crippen molar-refractivity contribution in [2.24, 2.45) is 11.7 Å². The van der Waals surface area contributed by atoms with Gasteiger partial charge in [0.2, 0.25) is 0 Å². The summed E-state index contributed by atoms with van der Waals surface area (Å²) in [6.07, 6.45) is 5.18. The molecule has 3 aliphatic rings. The summed E-state index contributed by atoms with van der Waals surface area (Å²) >= 11 is 0. The quantitative estimate of drug-likeness (QED) is 0.837. The van der Waals surface area contributed by atoms with E-state index in [1.165, 1.54) is 12.8 Å². The Hall–Kier alpha value is -0.200. The van der Waals surface area contributed by atoms with Crippen LogP contribution in [-0.2, 0) is 14.2 Å². The molecule has 0 radical (unpaired) electrons. The summed E-state index contributed by atoms with van der Waals surface area (Å²) in [5.41, 5.74) is 6.36. The van der Waals surface area contributed by atoms with Gasteiger partial charge >= 0.3 is 0 Å². The maximum absolute atomic E-state index is 6.36. The molecule has 1 spiro atoms. The lowest BCUT2D eigenvalue weighted by molar-refractivity contribution is -0.191. The molecule has 0 bridgehead atoms. The molecule has 1 saturated carbocycles. The van der Waals surface area contributed by atoms with E-state index in [2.05, 4.69) is 11.9 Å². The van der Waals surface area contributed by atoms with Gasteiger partial charge in [0.15, 0.2) is 5.79 Å². The van der Waals surface area contributed by atoms with E-state index in [9.17, 15) is 0 Å². The molecule has 2 unspecified atom stereocenters. The lowest BCUT2D eigenvalue weighted by Crippen LogP contribution is -2.56. The summed E-state index contributed by atoms with van der Waals surface area (Å²) < 4.78 is 17.2. The predicted molar refractivity (Wildman–Crippen MR) is 76.4 cm³/mol. The molecule has 2 N–H and O–H groups in total. The largest absolute Gasteiger partial charge is 0.381 e. The number of likely N-dealkylation sites (N-methyl/N-ethyl adjacent to an activating group) is 1. The highest BCUT2D eigenvalue weighted by atomic mass is 16.7. The van der Waals surface area contributed by atoms with Crippen molar-refractivity contribution in [1.29, 1.82) is 0 Å². The minimum atomic E-state index is -0.343. The molecule has 0 amide bonds. The summed E-state index contributed by atoms with van der Waals surface area (Å²) in [6.45, 7) is 4.38. The minimum Gasteiger partial charge on any atom is -0.381 e. The van der Waals surface area contributed by atoms with E-state index in [0.717, 1.165) is 58.2 Å². The van der Waals surface area contributed by atoms with Gasteiger partial charge in [0, 0.05) is 44.7 Å². The van der Waals surface area contributed by atoms with E-state index >= 15 is 0 Å². The molecule has 20 heavy (non-hydrogen) atoms. The first kappa shape index (κ1) is 14.7. The Balaban J connectivity index is 1.58. The van der Waals surface area contributed by atoms with E-state index in [1.807, 2.05) is 0 Å². The number of hydrogen-bond acceptors (Lipinski definition) is 5. The normalized spacial score (nSPS) is 35.0. The van der Waals surface area contributed by atoms with Crippen LogP contribution >= 0.6 is 0 Å². The van der Waals surface area contributed by atoms with Crippen LogP contribution in [0, 0.1) is 5.92 Å². The van der Waals surface area contributed by atoms with Crippen LogP contribution in [0.1, 0.15) is 32.1 Å². The molecular formula is C15H28N2O3. The zero-order valence-corrected chi connectivity index (χ0v) is 12.6. The second-order valence-corrected chi connectivity index (χ2v) is 6.58. The Kier molecular flexibility index (Phi) is 4.62. The van der Waals surface area contributed by atoms with Crippen molar-refractivity contribution >= 4 is 0 Å². The van der Waals surface area contributed by atoms with E-state index in [1.54, 1.807) is 0 Å². The molecule has 3 fully saturated rings. The molecular weight excluding hydrogens is 256 g/mol. The first-order valence-electron chi connectivity index (χ1n) is 8.00. The summed E-state index contributed by atoms with van der Waals surface area (Å²) in [4.78, 5) is 2.44. The van der Waals surface area contributed by atoms with Crippen LogP contribution in [0.15, 0.2) is 0 Å². The van der Waals surface area contributed by atoms with Crippen molar-refractivity contribution in [3.63, 3.8) is 0 Å². The van der Waals surface area contributed by atoms with Gasteiger partial charge in [-0.3, -0.25) is 0 Å². The maximum atomic E-state index is 6.36. The summed E-state index contributed by atoms with van der Waals surface area (Å²) in [5.74, 6) is 0.397. The molecule has 116 valence electrons. The number of hydrogen-bond donors (Lipinski definition) is 1. The predicted octanol–water partition coefficient (Wildman–Crippen LogP) is 0.968. The molecule has 5 heteroatoms.